The molecule has 0 spiro atoms. The van der Waals surface area contributed by atoms with Gasteiger partial charge in [-0.2, -0.15) is 0 Å². The van der Waals surface area contributed by atoms with Gasteiger partial charge in [-0.1, -0.05) is 23.2 Å². The smallest absolute Gasteiger partial charge is 0.375 e. The molecule has 0 aliphatic carbocycles. The zero-order valence-corrected chi connectivity index (χ0v) is 6.94. The molecular formula is C5H4Cl2O4. The second kappa shape index (κ2) is 3.19. The molecule has 11 heavy (non-hydrogen) atoms. The molecule has 62 valence electrons. The van der Waals surface area contributed by atoms with Crippen LogP contribution < -0.4 is 0 Å². The summed E-state index contributed by atoms with van der Waals surface area (Å²) in [6.45, 7) is 0.931. The molecule has 0 heterocycles. The highest BCUT2D eigenvalue weighted by Gasteiger charge is 2.43. The molecule has 0 saturated heterocycles. The zero-order valence-electron chi connectivity index (χ0n) is 5.43. The SMILES string of the molecule is CC(=O)C(Cl)(Cl)C(=O)C(=O)O. The minimum absolute atomic E-state index is 0.909. The molecule has 0 saturated carbocycles. The summed E-state index contributed by atoms with van der Waals surface area (Å²) in [5.74, 6) is -4.27. The fraction of sp³-hybridized carbons (Fsp3) is 0.400. The van der Waals surface area contributed by atoms with Crippen molar-refractivity contribution in [1.82, 2.24) is 0 Å². The number of ketones is 2. The van der Waals surface area contributed by atoms with Crippen LogP contribution in [0.5, 0.6) is 0 Å². The third-order valence-electron chi connectivity index (χ3n) is 0.922. The lowest BCUT2D eigenvalue weighted by molar-refractivity contribution is -0.150. The van der Waals surface area contributed by atoms with E-state index < -0.39 is 21.9 Å². The Labute approximate surface area is 72.1 Å². The number of carbonyl (C=O) groups is 3. The van der Waals surface area contributed by atoms with Gasteiger partial charge in [0.15, 0.2) is 5.78 Å². The Morgan fingerprint density at radius 3 is 1.73 bits per heavy atom. The Hall–Kier alpha value is -0.610. The van der Waals surface area contributed by atoms with Crippen LogP contribution in [0.1, 0.15) is 6.92 Å². The third kappa shape index (κ3) is 2.17. The minimum Gasteiger partial charge on any atom is -0.475 e. The van der Waals surface area contributed by atoms with Gasteiger partial charge in [-0.25, -0.2) is 4.79 Å². The highest BCUT2D eigenvalue weighted by molar-refractivity contribution is 6.74. The monoisotopic (exact) mass is 198 g/mol. The van der Waals surface area contributed by atoms with Crippen LogP contribution in [0, 0.1) is 0 Å². The third-order valence-corrected chi connectivity index (χ3v) is 1.80. The maximum absolute atomic E-state index is 10.5. The summed E-state index contributed by atoms with van der Waals surface area (Å²) < 4.78 is -2.45. The first-order valence-corrected chi connectivity index (χ1v) is 3.22. The first kappa shape index (κ1) is 10.4. The van der Waals surface area contributed by atoms with Crippen LogP contribution in [0.2, 0.25) is 0 Å². The summed E-state index contributed by atoms with van der Waals surface area (Å²) in [5.41, 5.74) is 0. The number of carboxylic acids is 1. The molecule has 0 aliphatic heterocycles. The largest absolute Gasteiger partial charge is 0.475 e. The van der Waals surface area contributed by atoms with Crippen molar-refractivity contribution in [2.45, 2.75) is 11.3 Å². The molecule has 0 bridgehead atoms. The van der Waals surface area contributed by atoms with Crippen molar-refractivity contribution in [1.29, 1.82) is 0 Å². The highest BCUT2D eigenvalue weighted by atomic mass is 35.5. The summed E-state index contributed by atoms with van der Waals surface area (Å²) in [6, 6.07) is 0. The number of halogens is 2. The molecular weight excluding hydrogens is 195 g/mol. The van der Waals surface area contributed by atoms with E-state index in [0.717, 1.165) is 6.92 Å². The Bertz CT molecular complexity index is 221. The number of rotatable bonds is 3. The molecule has 4 nitrogen and oxygen atoms in total. The van der Waals surface area contributed by atoms with Crippen molar-refractivity contribution in [2.75, 3.05) is 0 Å². The zero-order chi connectivity index (χ0) is 9.23. The van der Waals surface area contributed by atoms with Crippen molar-refractivity contribution in [3.05, 3.63) is 0 Å². The van der Waals surface area contributed by atoms with Gasteiger partial charge in [0, 0.05) is 0 Å². The van der Waals surface area contributed by atoms with Gasteiger partial charge in [-0.15, -0.1) is 0 Å². The fourth-order valence-electron chi connectivity index (χ4n) is 0.294. The van der Waals surface area contributed by atoms with E-state index in [1.54, 1.807) is 0 Å². The second-order valence-corrected chi connectivity index (χ2v) is 3.09. The molecule has 0 aromatic carbocycles. The molecule has 0 aliphatic rings. The van der Waals surface area contributed by atoms with E-state index in [9.17, 15) is 14.4 Å². The van der Waals surface area contributed by atoms with E-state index in [-0.39, 0.29) is 0 Å². The van der Waals surface area contributed by atoms with E-state index in [1.165, 1.54) is 0 Å². The summed E-state index contributed by atoms with van der Waals surface area (Å²) in [6.07, 6.45) is 0. The maximum atomic E-state index is 10.5. The van der Waals surface area contributed by atoms with Gasteiger partial charge in [-0.3, -0.25) is 9.59 Å². The molecule has 0 fully saturated rings. The number of carboxylic acid groups (broad SMARTS) is 1. The standard InChI is InChI=1S/C5H4Cl2O4/c1-2(8)5(6,7)3(9)4(10)11/h1H3,(H,10,11). The summed E-state index contributed by atoms with van der Waals surface area (Å²) in [5, 5.41) is 8.10. The molecule has 0 atom stereocenters. The topological polar surface area (TPSA) is 71.4 Å². The number of alkyl halides is 2. The molecule has 6 heteroatoms. The van der Waals surface area contributed by atoms with E-state index in [2.05, 4.69) is 0 Å². The van der Waals surface area contributed by atoms with Crippen LogP contribution in [0.25, 0.3) is 0 Å². The lowest BCUT2D eigenvalue weighted by Gasteiger charge is -2.09. The van der Waals surface area contributed by atoms with E-state index in [1.807, 2.05) is 0 Å². The maximum Gasteiger partial charge on any atom is 0.375 e. The van der Waals surface area contributed by atoms with E-state index >= 15 is 0 Å². The van der Waals surface area contributed by atoms with Crippen LogP contribution in [0.4, 0.5) is 0 Å². The van der Waals surface area contributed by atoms with E-state index in [0.29, 0.717) is 0 Å². The Balaban J connectivity index is 4.70. The van der Waals surface area contributed by atoms with Crippen molar-refractivity contribution < 1.29 is 19.5 Å². The van der Waals surface area contributed by atoms with Gasteiger partial charge < -0.3 is 5.11 Å². The van der Waals surface area contributed by atoms with Gasteiger partial charge in [-0.05, 0) is 6.92 Å². The number of carbonyl (C=O) groups excluding carboxylic acids is 2. The summed E-state index contributed by atoms with van der Waals surface area (Å²) >= 11 is 10.2. The second-order valence-electron chi connectivity index (χ2n) is 1.76. The van der Waals surface area contributed by atoms with Crippen LogP contribution in [-0.4, -0.2) is 27.0 Å². The van der Waals surface area contributed by atoms with Crippen molar-refractivity contribution in [3.63, 3.8) is 0 Å². The van der Waals surface area contributed by atoms with E-state index in [4.69, 9.17) is 28.3 Å². The Morgan fingerprint density at radius 1 is 1.27 bits per heavy atom. The first-order chi connectivity index (χ1) is 4.80. The van der Waals surface area contributed by atoms with Crippen LogP contribution >= 0.6 is 23.2 Å². The molecule has 0 rings (SSSR count). The lowest BCUT2D eigenvalue weighted by atomic mass is 10.2. The van der Waals surface area contributed by atoms with Crippen molar-refractivity contribution >= 4 is 40.7 Å². The van der Waals surface area contributed by atoms with Gasteiger partial charge in [0.05, 0.1) is 0 Å². The van der Waals surface area contributed by atoms with Gasteiger partial charge in [0.1, 0.15) is 0 Å². The Kier molecular flexibility index (Phi) is 3.02. The van der Waals surface area contributed by atoms with Crippen molar-refractivity contribution in [2.24, 2.45) is 0 Å². The number of aliphatic carboxylic acids is 1. The lowest BCUT2D eigenvalue weighted by Crippen LogP contribution is -2.38. The van der Waals surface area contributed by atoms with Gasteiger partial charge >= 0.3 is 5.97 Å². The average Bonchev–Trinajstić information content (AvgIpc) is 1.85. The van der Waals surface area contributed by atoms with Crippen LogP contribution in [0.3, 0.4) is 0 Å². The van der Waals surface area contributed by atoms with Gasteiger partial charge in [0.2, 0.25) is 4.33 Å². The quantitative estimate of drug-likeness (QED) is 0.405. The molecule has 0 aromatic heterocycles. The number of hydrogen-bond donors (Lipinski definition) is 1. The predicted octanol–water partition coefficient (Wildman–Crippen LogP) is 0.403. The van der Waals surface area contributed by atoms with Gasteiger partial charge in [0.25, 0.3) is 5.78 Å². The summed E-state index contributed by atoms with van der Waals surface area (Å²) in [4.78, 5) is 31.0. The predicted molar refractivity (Wildman–Crippen MR) is 37.8 cm³/mol. The summed E-state index contributed by atoms with van der Waals surface area (Å²) in [7, 11) is 0. The molecule has 0 unspecified atom stereocenters. The molecule has 0 radical (unpaired) electrons. The normalized spacial score (nSPS) is 10.8. The highest BCUT2D eigenvalue weighted by Crippen LogP contribution is 2.23. The van der Waals surface area contributed by atoms with Crippen LogP contribution in [-0.2, 0) is 14.4 Å². The minimum atomic E-state index is -2.45. The fourth-order valence-corrected chi connectivity index (χ4v) is 0.456. The first-order valence-electron chi connectivity index (χ1n) is 2.46. The molecule has 1 N–H and O–H groups in total. The Morgan fingerprint density at radius 2 is 1.64 bits per heavy atom. The number of hydrogen-bond acceptors (Lipinski definition) is 3. The van der Waals surface area contributed by atoms with Crippen molar-refractivity contribution in [3.8, 4) is 0 Å². The molecule has 0 amide bonds. The average molecular weight is 199 g/mol. The molecule has 0 aromatic rings. The van der Waals surface area contributed by atoms with Crippen LogP contribution in [0.15, 0.2) is 0 Å². The number of Topliss-reactive ketones (excluding diaryl/α,β-unsaturated/α-hetero) is 2.